The first-order valence-electron chi connectivity index (χ1n) is 8.78. The standard InChI is InChI=1S/C17H26N6O2/c1-13-5-6-14(20-19-13)22-8-4-7-21(9-11-22)10-12-23-15(24)17(2,3)18-16(23)25/h5-6H,4,7-12H2,1-3H3,(H,18,25). The lowest BCUT2D eigenvalue weighted by Crippen LogP contribution is -2.42. The van der Waals surface area contributed by atoms with Gasteiger partial charge in [0.2, 0.25) is 0 Å². The second kappa shape index (κ2) is 6.95. The third-order valence-electron chi connectivity index (χ3n) is 4.78. The van der Waals surface area contributed by atoms with Crippen LogP contribution in [0, 0.1) is 6.92 Å². The lowest BCUT2D eigenvalue weighted by Gasteiger charge is -2.24. The number of hydrogen-bond donors (Lipinski definition) is 1. The van der Waals surface area contributed by atoms with Crippen LogP contribution in [0.1, 0.15) is 26.0 Å². The van der Waals surface area contributed by atoms with Crippen LogP contribution in [0.15, 0.2) is 12.1 Å². The highest BCUT2D eigenvalue weighted by Crippen LogP contribution is 2.17. The summed E-state index contributed by atoms with van der Waals surface area (Å²) in [5, 5.41) is 11.1. The van der Waals surface area contributed by atoms with Crippen LogP contribution in [-0.4, -0.2) is 76.7 Å². The molecule has 2 fully saturated rings. The maximum Gasteiger partial charge on any atom is 0.325 e. The number of carbonyl (C=O) groups is 2. The molecule has 0 unspecified atom stereocenters. The van der Waals surface area contributed by atoms with Crippen molar-refractivity contribution in [1.29, 1.82) is 0 Å². The van der Waals surface area contributed by atoms with E-state index in [9.17, 15) is 9.59 Å². The van der Waals surface area contributed by atoms with Crippen molar-refractivity contribution in [3.63, 3.8) is 0 Å². The maximum absolute atomic E-state index is 12.2. The molecule has 25 heavy (non-hydrogen) atoms. The second-order valence-corrected chi connectivity index (χ2v) is 7.23. The molecular formula is C17H26N6O2. The number of imide groups is 1. The summed E-state index contributed by atoms with van der Waals surface area (Å²) in [6, 6.07) is 3.69. The van der Waals surface area contributed by atoms with Gasteiger partial charge in [0.1, 0.15) is 5.54 Å². The van der Waals surface area contributed by atoms with Gasteiger partial charge in [0.25, 0.3) is 5.91 Å². The van der Waals surface area contributed by atoms with Gasteiger partial charge in [-0.2, -0.15) is 5.10 Å². The molecule has 0 aliphatic carbocycles. The zero-order valence-corrected chi connectivity index (χ0v) is 15.2. The SMILES string of the molecule is Cc1ccc(N2CCCN(CCN3C(=O)NC(C)(C)C3=O)CC2)nn1. The van der Waals surface area contributed by atoms with E-state index < -0.39 is 5.54 Å². The van der Waals surface area contributed by atoms with Crippen molar-refractivity contribution < 1.29 is 9.59 Å². The number of aryl methyl sites for hydroxylation is 1. The van der Waals surface area contributed by atoms with Crippen LogP contribution in [0.5, 0.6) is 0 Å². The van der Waals surface area contributed by atoms with E-state index in [2.05, 4.69) is 25.3 Å². The summed E-state index contributed by atoms with van der Waals surface area (Å²) < 4.78 is 0. The zero-order valence-electron chi connectivity index (χ0n) is 15.2. The number of anilines is 1. The van der Waals surface area contributed by atoms with Crippen LogP contribution in [0.2, 0.25) is 0 Å². The number of nitrogens with zero attached hydrogens (tertiary/aromatic N) is 5. The predicted molar refractivity (Wildman–Crippen MR) is 94.4 cm³/mol. The lowest BCUT2D eigenvalue weighted by molar-refractivity contribution is -0.130. The van der Waals surface area contributed by atoms with Crippen LogP contribution in [0.25, 0.3) is 0 Å². The normalized spacial score (nSPS) is 21.4. The molecule has 2 aliphatic rings. The molecule has 0 bridgehead atoms. The summed E-state index contributed by atoms with van der Waals surface area (Å²) in [7, 11) is 0. The summed E-state index contributed by atoms with van der Waals surface area (Å²) in [5.41, 5.74) is 0.119. The number of rotatable bonds is 4. The van der Waals surface area contributed by atoms with E-state index in [1.165, 1.54) is 4.90 Å². The Morgan fingerprint density at radius 3 is 2.52 bits per heavy atom. The lowest BCUT2D eigenvalue weighted by atomic mass is 10.1. The Hall–Kier alpha value is -2.22. The zero-order chi connectivity index (χ0) is 18.0. The largest absolute Gasteiger partial charge is 0.354 e. The maximum atomic E-state index is 12.2. The molecule has 0 saturated carbocycles. The molecule has 2 saturated heterocycles. The molecule has 1 aromatic heterocycles. The number of carbonyl (C=O) groups excluding carboxylic acids is 2. The third-order valence-corrected chi connectivity index (χ3v) is 4.78. The third kappa shape index (κ3) is 3.89. The highest BCUT2D eigenvalue weighted by atomic mass is 16.2. The first kappa shape index (κ1) is 17.6. The Bertz CT molecular complexity index is 645. The molecule has 3 heterocycles. The molecular weight excluding hydrogens is 320 g/mol. The summed E-state index contributed by atoms with van der Waals surface area (Å²) in [5.74, 6) is 0.757. The fraction of sp³-hybridized carbons (Fsp3) is 0.647. The molecule has 0 atom stereocenters. The Kier molecular flexibility index (Phi) is 4.89. The van der Waals surface area contributed by atoms with Gasteiger partial charge < -0.3 is 10.2 Å². The van der Waals surface area contributed by atoms with E-state index in [0.717, 1.165) is 44.1 Å². The van der Waals surface area contributed by atoms with Gasteiger partial charge in [0.15, 0.2) is 5.82 Å². The van der Waals surface area contributed by atoms with Crippen molar-refractivity contribution in [2.24, 2.45) is 0 Å². The highest BCUT2D eigenvalue weighted by Gasteiger charge is 2.43. The summed E-state index contributed by atoms with van der Waals surface area (Å²) in [6.07, 6.45) is 1.02. The average Bonchev–Trinajstić information content (AvgIpc) is 2.74. The quantitative estimate of drug-likeness (QED) is 0.805. The fourth-order valence-corrected chi connectivity index (χ4v) is 3.25. The summed E-state index contributed by atoms with van der Waals surface area (Å²) in [4.78, 5) is 30.1. The molecule has 0 spiro atoms. The van der Waals surface area contributed by atoms with Gasteiger partial charge in [-0.3, -0.25) is 14.6 Å². The molecule has 1 aromatic rings. The number of nitrogens with one attached hydrogen (secondary N) is 1. The van der Waals surface area contributed by atoms with Gasteiger partial charge in [0.05, 0.1) is 5.69 Å². The van der Waals surface area contributed by atoms with Crippen LogP contribution < -0.4 is 10.2 Å². The molecule has 1 N–H and O–H groups in total. The van der Waals surface area contributed by atoms with E-state index in [0.29, 0.717) is 13.1 Å². The molecule has 3 rings (SSSR count). The highest BCUT2D eigenvalue weighted by molar-refractivity contribution is 6.06. The van der Waals surface area contributed by atoms with Crippen LogP contribution in [0.4, 0.5) is 10.6 Å². The topological polar surface area (TPSA) is 81.7 Å². The first-order valence-corrected chi connectivity index (χ1v) is 8.78. The van der Waals surface area contributed by atoms with Crippen LogP contribution in [-0.2, 0) is 4.79 Å². The molecule has 136 valence electrons. The fourth-order valence-electron chi connectivity index (χ4n) is 3.25. The van der Waals surface area contributed by atoms with E-state index in [-0.39, 0.29) is 11.9 Å². The van der Waals surface area contributed by atoms with E-state index >= 15 is 0 Å². The van der Waals surface area contributed by atoms with E-state index in [1.807, 2.05) is 19.1 Å². The average molecular weight is 346 g/mol. The number of amides is 3. The molecule has 2 aliphatic heterocycles. The monoisotopic (exact) mass is 346 g/mol. The molecule has 0 radical (unpaired) electrons. The minimum absolute atomic E-state index is 0.149. The Labute approximate surface area is 148 Å². The van der Waals surface area contributed by atoms with Crippen LogP contribution >= 0.6 is 0 Å². The Morgan fingerprint density at radius 2 is 1.88 bits per heavy atom. The minimum atomic E-state index is -0.795. The minimum Gasteiger partial charge on any atom is -0.354 e. The summed E-state index contributed by atoms with van der Waals surface area (Å²) >= 11 is 0. The van der Waals surface area contributed by atoms with Gasteiger partial charge in [0, 0.05) is 32.7 Å². The molecule has 8 nitrogen and oxygen atoms in total. The molecule has 3 amide bonds. The number of urea groups is 1. The molecule has 0 aromatic carbocycles. The Morgan fingerprint density at radius 1 is 1.08 bits per heavy atom. The van der Waals surface area contributed by atoms with Crippen molar-refractivity contribution in [2.75, 3.05) is 44.2 Å². The smallest absolute Gasteiger partial charge is 0.325 e. The number of hydrogen-bond acceptors (Lipinski definition) is 6. The number of aromatic nitrogens is 2. The van der Waals surface area contributed by atoms with E-state index in [1.54, 1.807) is 13.8 Å². The van der Waals surface area contributed by atoms with Crippen molar-refractivity contribution in [2.45, 2.75) is 32.7 Å². The second-order valence-electron chi connectivity index (χ2n) is 7.23. The van der Waals surface area contributed by atoms with Crippen molar-refractivity contribution in [1.82, 2.24) is 25.3 Å². The first-order chi connectivity index (χ1) is 11.9. The summed E-state index contributed by atoms with van der Waals surface area (Å²) in [6.45, 7) is 10.2. The van der Waals surface area contributed by atoms with Gasteiger partial charge >= 0.3 is 6.03 Å². The van der Waals surface area contributed by atoms with Crippen LogP contribution in [0.3, 0.4) is 0 Å². The van der Waals surface area contributed by atoms with Crippen molar-refractivity contribution >= 4 is 17.8 Å². The van der Waals surface area contributed by atoms with Gasteiger partial charge in [-0.05, 0) is 45.9 Å². The van der Waals surface area contributed by atoms with Crippen molar-refractivity contribution in [3.8, 4) is 0 Å². The molecule has 8 heteroatoms. The van der Waals surface area contributed by atoms with Gasteiger partial charge in [-0.15, -0.1) is 5.10 Å². The van der Waals surface area contributed by atoms with E-state index in [4.69, 9.17) is 0 Å². The Balaban J connectivity index is 1.53. The van der Waals surface area contributed by atoms with Gasteiger partial charge in [-0.1, -0.05) is 0 Å². The predicted octanol–water partition coefficient (Wildman–Crippen LogP) is 0.628. The van der Waals surface area contributed by atoms with Crippen molar-refractivity contribution in [3.05, 3.63) is 17.8 Å². The van der Waals surface area contributed by atoms with Gasteiger partial charge in [-0.25, -0.2) is 4.79 Å².